The molecule has 3 rings (SSSR count). The molecular formula is C12H16BrNO. The van der Waals surface area contributed by atoms with Gasteiger partial charge in [-0.15, -0.1) is 0 Å². The maximum atomic E-state index is 5.88. The van der Waals surface area contributed by atoms with Gasteiger partial charge in [-0.25, -0.2) is 0 Å². The molecule has 0 aromatic carbocycles. The van der Waals surface area contributed by atoms with Crippen LogP contribution in [0.3, 0.4) is 0 Å². The highest BCUT2D eigenvalue weighted by Crippen LogP contribution is 2.50. The number of fused-ring (bicyclic) bond motifs is 2. The van der Waals surface area contributed by atoms with E-state index in [0.29, 0.717) is 5.41 Å². The Bertz CT molecular complexity index is 404. The Hall–Kier alpha value is -0.280. The van der Waals surface area contributed by atoms with Crippen molar-refractivity contribution >= 4 is 15.9 Å². The van der Waals surface area contributed by atoms with Crippen molar-refractivity contribution in [1.29, 1.82) is 0 Å². The Balaban J connectivity index is 2.15. The molecule has 1 fully saturated rings. The lowest BCUT2D eigenvalue weighted by atomic mass is 9.63. The van der Waals surface area contributed by atoms with Gasteiger partial charge in [-0.1, -0.05) is 6.42 Å². The summed E-state index contributed by atoms with van der Waals surface area (Å²) >= 11 is 3.45. The molecule has 2 aliphatic rings. The van der Waals surface area contributed by atoms with E-state index >= 15 is 0 Å². The Morgan fingerprint density at radius 2 is 2.13 bits per heavy atom. The molecule has 0 bridgehead atoms. The van der Waals surface area contributed by atoms with E-state index in [0.717, 1.165) is 11.2 Å². The molecule has 1 aromatic rings. The van der Waals surface area contributed by atoms with Crippen molar-refractivity contribution < 1.29 is 4.42 Å². The fourth-order valence-electron chi connectivity index (χ4n) is 2.79. The molecule has 2 nitrogen and oxygen atoms in total. The Labute approximate surface area is 98.6 Å². The number of halogens is 1. The third kappa shape index (κ3) is 1.26. The van der Waals surface area contributed by atoms with Crippen molar-refractivity contribution in [3.63, 3.8) is 0 Å². The van der Waals surface area contributed by atoms with Gasteiger partial charge in [0.2, 0.25) is 0 Å². The van der Waals surface area contributed by atoms with Crippen molar-refractivity contribution in [3.8, 4) is 0 Å². The molecule has 1 saturated carbocycles. The molecule has 2 heterocycles. The van der Waals surface area contributed by atoms with Crippen molar-refractivity contribution in [2.75, 3.05) is 6.54 Å². The molecule has 15 heavy (non-hydrogen) atoms. The molecule has 1 N–H and O–H groups in total. The van der Waals surface area contributed by atoms with Crippen LogP contribution in [0.4, 0.5) is 0 Å². The summed E-state index contributed by atoms with van der Waals surface area (Å²) in [6, 6.07) is 2.13. The highest BCUT2D eigenvalue weighted by molar-refractivity contribution is 9.10. The third-order valence-electron chi connectivity index (χ3n) is 4.04. The van der Waals surface area contributed by atoms with Crippen molar-refractivity contribution in [1.82, 2.24) is 5.32 Å². The second kappa shape index (κ2) is 2.89. The first kappa shape index (κ1) is 9.91. The van der Waals surface area contributed by atoms with Gasteiger partial charge in [-0.2, -0.15) is 0 Å². The summed E-state index contributed by atoms with van der Waals surface area (Å²) in [7, 11) is 0. The zero-order valence-electron chi connectivity index (χ0n) is 9.19. The summed E-state index contributed by atoms with van der Waals surface area (Å²) in [6.07, 6.45) is 3.87. The third-order valence-corrected chi connectivity index (χ3v) is 4.43. The maximum Gasteiger partial charge on any atom is 0.169 e. The van der Waals surface area contributed by atoms with Gasteiger partial charge in [0.1, 0.15) is 5.76 Å². The topological polar surface area (TPSA) is 25.2 Å². The average Bonchev–Trinajstić information content (AvgIpc) is 2.46. The van der Waals surface area contributed by atoms with Gasteiger partial charge in [0.05, 0.1) is 0 Å². The predicted octanol–water partition coefficient (Wildman–Crippen LogP) is 3.30. The van der Waals surface area contributed by atoms with Crippen LogP contribution in [0.15, 0.2) is 15.2 Å². The minimum absolute atomic E-state index is 0.0473. The van der Waals surface area contributed by atoms with Crippen LogP contribution >= 0.6 is 15.9 Å². The molecule has 0 unspecified atom stereocenters. The van der Waals surface area contributed by atoms with Crippen LogP contribution in [0.2, 0.25) is 0 Å². The van der Waals surface area contributed by atoms with E-state index in [2.05, 4.69) is 41.2 Å². The largest absolute Gasteiger partial charge is 0.453 e. The van der Waals surface area contributed by atoms with E-state index in [4.69, 9.17) is 4.42 Å². The van der Waals surface area contributed by atoms with E-state index in [-0.39, 0.29) is 5.54 Å². The molecule has 0 amide bonds. The first-order valence-corrected chi connectivity index (χ1v) is 6.38. The normalized spacial score (nSPS) is 26.1. The van der Waals surface area contributed by atoms with Crippen LogP contribution in [0.25, 0.3) is 0 Å². The average molecular weight is 270 g/mol. The van der Waals surface area contributed by atoms with Crippen molar-refractivity contribution in [2.24, 2.45) is 0 Å². The fourth-order valence-corrected chi connectivity index (χ4v) is 3.18. The number of hydrogen-bond acceptors (Lipinski definition) is 2. The van der Waals surface area contributed by atoms with Crippen LogP contribution in [-0.2, 0) is 11.0 Å². The van der Waals surface area contributed by atoms with E-state index in [1.807, 2.05) is 0 Å². The van der Waals surface area contributed by atoms with Crippen LogP contribution in [0.5, 0.6) is 0 Å². The molecular weight excluding hydrogens is 254 g/mol. The van der Waals surface area contributed by atoms with Gasteiger partial charge < -0.3 is 9.73 Å². The van der Waals surface area contributed by atoms with Gasteiger partial charge in [-0.3, -0.25) is 0 Å². The first-order valence-electron chi connectivity index (χ1n) is 5.59. The lowest BCUT2D eigenvalue weighted by Gasteiger charge is -2.48. The number of rotatable bonds is 0. The Morgan fingerprint density at radius 1 is 1.40 bits per heavy atom. The molecule has 3 heteroatoms. The summed E-state index contributed by atoms with van der Waals surface area (Å²) in [5, 5.41) is 3.64. The van der Waals surface area contributed by atoms with Gasteiger partial charge >= 0.3 is 0 Å². The van der Waals surface area contributed by atoms with E-state index in [9.17, 15) is 0 Å². The molecule has 1 aliphatic carbocycles. The summed E-state index contributed by atoms with van der Waals surface area (Å²) in [4.78, 5) is 0. The van der Waals surface area contributed by atoms with Gasteiger partial charge in [-0.05, 0) is 48.7 Å². The Kier molecular flexibility index (Phi) is 1.91. The number of hydrogen-bond donors (Lipinski definition) is 1. The smallest absolute Gasteiger partial charge is 0.169 e. The highest BCUT2D eigenvalue weighted by atomic mass is 79.9. The summed E-state index contributed by atoms with van der Waals surface area (Å²) in [6.45, 7) is 5.51. The standard InChI is InChI=1S/C12H16BrNO/c1-11(2)8-6-9(13)15-10(8)12(7-14-11)4-3-5-12/h6,14H,3-5,7H2,1-2H3. The van der Waals surface area contributed by atoms with E-state index < -0.39 is 0 Å². The second-order valence-electron chi connectivity index (χ2n) is 5.41. The number of furan rings is 1. The van der Waals surface area contributed by atoms with Crippen molar-refractivity contribution in [2.45, 2.75) is 44.1 Å². The van der Waals surface area contributed by atoms with E-state index in [1.54, 1.807) is 0 Å². The summed E-state index contributed by atoms with van der Waals surface area (Å²) in [5.74, 6) is 1.23. The molecule has 1 aromatic heterocycles. The summed E-state index contributed by atoms with van der Waals surface area (Å²) < 4.78 is 6.75. The molecule has 1 spiro atoms. The quantitative estimate of drug-likeness (QED) is 0.782. The molecule has 0 saturated heterocycles. The lowest BCUT2D eigenvalue weighted by Crippen LogP contribution is -2.54. The van der Waals surface area contributed by atoms with Crippen LogP contribution < -0.4 is 5.32 Å². The zero-order valence-corrected chi connectivity index (χ0v) is 10.8. The molecule has 1 aliphatic heterocycles. The fraction of sp³-hybridized carbons (Fsp3) is 0.667. The molecule has 0 atom stereocenters. The number of nitrogens with one attached hydrogen (secondary N) is 1. The van der Waals surface area contributed by atoms with Gasteiger partial charge in [0, 0.05) is 23.1 Å². The molecule has 0 radical (unpaired) electrons. The lowest BCUT2D eigenvalue weighted by molar-refractivity contribution is 0.146. The first-order chi connectivity index (χ1) is 7.04. The second-order valence-corrected chi connectivity index (χ2v) is 6.19. The minimum Gasteiger partial charge on any atom is -0.453 e. The maximum absolute atomic E-state index is 5.88. The van der Waals surface area contributed by atoms with Crippen molar-refractivity contribution in [3.05, 3.63) is 22.1 Å². The van der Waals surface area contributed by atoms with Crippen LogP contribution in [0, 0.1) is 0 Å². The summed E-state index contributed by atoms with van der Waals surface area (Å²) in [5.41, 5.74) is 1.68. The Morgan fingerprint density at radius 3 is 2.73 bits per heavy atom. The van der Waals surface area contributed by atoms with Gasteiger partial charge in [0.25, 0.3) is 0 Å². The zero-order chi connectivity index (χ0) is 10.7. The monoisotopic (exact) mass is 269 g/mol. The minimum atomic E-state index is 0.0473. The van der Waals surface area contributed by atoms with Gasteiger partial charge in [0.15, 0.2) is 4.67 Å². The predicted molar refractivity (Wildman–Crippen MR) is 63.0 cm³/mol. The van der Waals surface area contributed by atoms with Crippen LogP contribution in [-0.4, -0.2) is 6.54 Å². The SMILES string of the molecule is CC1(C)NCC2(CCC2)c2oc(Br)cc21. The molecule has 82 valence electrons. The van der Waals surface area contributed by atoms with Crippen LogP contribution in [0.1, 0.15) is 44.4 Å². The highest BCUT2D eigenvalue weighted by Gasteiger charge is 2.49. The van der Waals surface area contributed by atoms with E-state index in [1.165, 1.54) is 30.6 Å².